The molecule has 1 N–H and O–H groups in total. The summed E-state index contributed by atoms with van der Waals surface area (Å²) in [5.74, 6) is 0. The molecule has 1 saturated heterocycles. The fourth-order valence-corrected chi connectivity index (χ4v) is 5.18. The second kappa shape index (κ2) is 8.91. The van der Waals surface area contributed by atoms with E-state index < -0.39 is 0 Å². The van der Waals surface area contributed by atoms with Crippen LogP contribution in [-0.4, -0.2) is 33.7 Å². The summed E-state index contributed by atoms with van der Waals surface area (Å²) in [6.07, 6.45) is 5.54. The van der Waals surface area contributed by atoms with Crippen LogP contribution >= 0.6 is 12.2 Å². The molecule has 2 atom stereocenters. The van der Waals surface area contributed by atoms with Gasteiger partial charge in [-0.15, -0.1) is 0 Å². The largest absolute Gasteiger partial charge is 0.378 e. The zero-order valence-electron chi connectivity index (χ0n) is 19.8. The number of hydrogen-bond acceptors (Lipinski definition) is 4. The molecule has 4 aromatic rings. The van der Waals surface area contributed by atoms with Crippen LogP contribution in [0.25, 0.3) is 5.69 Å². The molecule has 3 aromatic heterocycles. The lowest BCUT2D eigenvalue weighted by molar-refractivity contribution is 0.565. The number of aryl methyl sites for hydroxylation is 1. The monoisotopic (exact) mass is 468 g/mol. The van der Waals surface area contributed by atoms with E-state index in [-0.39, 0.29) is 12.1 Å². The van der Waals surface area contributed by atoms with E-state index >= 15 is 0 Å². The minimum Gasteiger partial charge on any atom is -0.378 e. The van der Waals surface area contributed by atoms with Crippen LogP contribution in [0.5, 0.6) is 0 Å². The second-order valence-corrected chi connectivity index (χ2v) is 9.17. The van der Waals surface area contributed by atoms with Gasteiger partial charge in [-0.05, 0) is 86.2 Å². The SMILES string of the molecule is Cc1cc([C@@H]2[C@@H](c3ccccn3)NC(=S)N2c2ccc(N(C)C)cc2)c(C)n1-c1cccnc1. The van der Waals surface area contributed by atoms with E-state index in [2.05, 4.69) is 86.0 Å². The Morgan fingerprint density at radius 3 is 2.38 bits per heavy atom. The third-order valence-corrected chi connectivity index (χ3v) is 6.75. The van der Waals surface area contributed by atoms with Crippen molar-refractivity contribution in [3.63, 3.8) is 0 Å². The highest BCUT2D eigenvalue weighted by molar-refractivity contribution is 7.80. The third kappa shape index (κ3) is 3.82. The fourth-order valence-electron chi connectivity index (χ4n) is 4.83. The van der Waals surface area contributed by atoms with Crippen molar-refractivity contribution >= 4 is 28.7 Å². The maximum Gasteiger partial charge on any atom is 0.174 e. The van der Waals surface area contributed by atoms with E-state index in [0.29, 0.717) is 5.11 Å². The van der Waals surface area contributed by atoms with Crippen LogP contribution in [-0.2, 0) is 0 Å². The molecule has 1 fully saturated rings. The number of rotatable bonds is 5. The molecular formula is C27H28N6S. The molecule has 7 heteroatoms. The normalized spacial score (nSPS) is 17.6. The van der Waals surface area contributed by atoms with E-state index in [1.54, 1.807) is 6.20 Å². The highest BCUT2D eigenvalue weighted by Crippen LogP contribution is 2.43. The molecule has 4 heterocycles. The Bertz CT molecular complexity index is 1300. The van der Waals surface area contributed by atoms with E-state index in [0.717, 1.165) is 34.1 Å². The van der Waals surface area contributed by atoms with Gasteiger partial charge in [-0.2, -0.15) is 0 Å². The van der Waals surface area contributed by atoms with Crippen molar-refractivity contribution in [3.8, 4) is 5.69 Å². The van der Waals surface area contributed by atoms with E-state index in [4.69, 9.17) is 12.2 Å². The standard InChI is InChI=1S/C27H28N6S/c1-18-16-23(19(2)32(18)22-8-7-14-28-17-22)26-25(24-9-5-6-15-29-24)30-27(34)33(26)21-12-10-20(11-13-21)31(3)4/h5-17,25-26H,1-4H3,(H,30,34)/t25-,26-/m1/s1. The summed E-state index contributed by atoms with van der Waals surface area (Å²) >= 11 is 5.90. The topological polar surface area (TPSA) is 49.2 Å². The molecule has 1 aromatic carbocycles. The Kier molecular flexibility index (Phi) is 5.79. The Labute approximate surface area is 205 Å². The highest BCUT2D eigenvalue weighted by atomic mass is 32.1. The van der Waals surface area contributed by atoms with Gasteiger partial charge in [-0.25, -0.2) is 0 Å². The van der Waals surface area contributed by atoms with Crippen LogP contribution in [0.4, 0.5) is 11.4 Å². The smallest absolute Gasteiger partial charge is 0.174 e. The lowest BCUT2D eigenvalue weighted by Crippen LogP contribution is -2.29. The number of nitrogens with zero attached hydrogens (tertiary/aromatic N) is 5. The number of nitrogens with one attached hydrogen (secondary N) is 1. The molecule has 0 radical (unpaired) electrons. The third-order valence-electron chi connectivity index (χ3n) is 6.44. The number of pyridine rings is 2. The maximum atomic E-state index is 5.90. The van der Waals surface area contributed by atoms with Gasteiger partial charge in [-0.1, -0.05) is 6.07 Å². The first-order valence-corrected chi connectivity index (χ1v) is 11.7. The number of benzene rings is 1. The molecule has 172 valence electrons. The van der Waals surface area contributed by atoms with Gasteiger partial charge in [0.2, 0.25) is 0 Å². The van der Waals surface area contributed by atoms with Gasteiger partial charge in [0.05, 0.1) is 29.7 Å². The summed E-state index contributed by atoms with van der Waals surface area (Å²) in [5.41, 5.74) is 7.74. The first kappa shape index (κ1) is 22.1. The van der Waals surface area contributed by atoms with Crippen molar-refractivity contribution in [1.82, 2.24) is 19.9 Å². The zero-order chi connectivity index (χ0) is 23.8. The first-order valence-electron chi connectivity index (χ1n) is 11.3. The number of hydrogen-bond donors (Lipinski definition) is 1. The molecule has 6 nitrogen and oxygen atoms in total. The van der Waals surface area contributed by atoms with Crippen molar-refractivity contribution in [2.24, 2.45) is 0 Å². The molecule has 5 rings (SSSR count). The second-order valence-electron chi connectivity index (χ2n) is 8.78. The van der Waals surface area contributed by atoms with Crippen LogP contribution in [0.3, 0.4) is 0 Å². The summed E-state index contributed by atoms with van der Waals surface area (Å²) in [7, 11) is 4.09. The van der Waals surface area contributed by atoms with E-state index in [1.165, 1.54) is 5.56 Å². The molecular weight excluding hydrogens is 440 g/mol. The van der Waals surface area contributed by atoms with Crippen molar-refractivity contribution in [1.29, 1.82) is 0 Å². The molecule has 0 spiro atoms. The predicted molar refractivity (Wildman–Crippen MR) is 142 cm³/mol. The molecule has 1 aliphatic heterocycles. The molecule has 0 bridgehead atoms. The van der Waals surface area contributed by atoms with Crippen LogP contribution < -0.4 is 15.1 Å². The lowest BCUT2D eigenvalue weighted by Gasteiger charge is -2.28. The average molecular weight is 469 g/mol. The van der Waals surface area contributed by atoms with Crippen molar-refractivity contribution < 1.29 is 0 Å². The first-order chi connectivity index (χ1) is 16.5. The fraction of sp³-hybridized carbons (Fsp3) is 0.222. The summed E-state index contributed by atoms with van der Waals surface area (Å²) < 4.78 is 2.26. The lowest BCUT2D eigenvalue weighted by atomic mass is 9.96. The Morgan fingerprint density at radius 2 is 1.74 bits per heavy atom. The average Bonchev–Trinajstić information content (AvgIpc) is 3.35. The van der Waals surface area contributed by atoms with Crippen LogP contribution in [0, 0.1) is 13.8 Å². The quantitative estimate of drug-likeness (QED) is 0.410. The van der Waals surface area contributed by atoms with Crippen LogP contribution in [0.1, 0.15) is 34.7 Å². The van der Waals surface area contributed by atoms with Crippen molar-refractivity contribution in [3.05, 3.63) is 102 Å². The Hall–Kier alpha value is -3.71. The molecule has 0 amide bonds. The van der Waals surface area contributed by atoms with Crippen molar-refractivity contribution in [2.45, 2.75) is 25.9 Å². The Balaban J connectivity index is 1.65. The van der Waals surface area contributed by atoms with E-state index in [1.807, 2.05) is 44.7 Å². The van der Waals surface area contributed by atoms with E-state index in [9.17, 15) is 0 Å². The van der Waals surface area contributed by atoms with Gasteiger partial charge in [0, 0.05) is 49.3 Å². The Morgan fingerprint density at radius 1 is 0.941 bits per heavy atom. The molecule has 0 unspecified atom stereocenters. The van der Waals surface area contributed by atoms with Crippen molar-refractivity contribution in [2.75, 3.05) is 23.9 Å². The minimum absolute atomic E-state index is 0.0516. The maximum absolute atomic E-state index is 5.90. The molecule has 34 heavy (non-hydrogen) atoms. The zero-order valence-corrected chi connectivity index (χ0v) is 20.6. The van der Waals surface area contributed by atoms with Gasteiger partial charge in [-0.3, -0.25) is 9.97 Å². The van der Waals surface area contributed by atoms with Gasteiger partial charge in [0.15, 0.2) is 5.11 Å². The summed E-state index contributed by atoms with van der Waals surface area (Å²) in [5, 5.41) is 4.26. The number of aromatic nitrogens is 3. The van der Waals surface area contributed by atoms with Gasteiger partial charge in [0.1, 0.15) is 0 Å². The summed E-state index contributed by atoms with van der Waals surface area (Å²) in [6.45, 7) is 4.30. The number of thiocarbonyl (C=S) groups is 1. The molecule has 0 saturated carbocycles. The van der Waals surface area contributed by atoms with Crippen LogP contribution in [0.2, 0.25) is 0 Å². The predicted octanol–water partition coefficient (Wildman–Crippen LogP) is 5.13. The highest BCUT2D eigenvalue weighted by Gasteiger charge is 2.42. The summed E-state index contributed by atoms with van der Waals surface area (Å²) in [6, 6.07) is 20.7. The minimum atomic E-state index is -0.0786. The summed E-state index contributed by atoms with van der Waals surface area (Å²) in [4.78, 5) is 13.3. The van der Waals surface area contributed by atoms with Gasteiger partial charge in [0.25, 0.3) is 0 Å². The number of anilines is 2. The van der Waals surface area contributed by atoms with Crippen LogP contribution in [0.15, 0.2) is 79.3 Å². The molecule has 1 aliphatic rings. The van der Waals surface area contributed by atoms with Gasteiger partial charge >= 0.3 is 0 Å². The van der Waals surface area contributed by atoms with Gasteiger partial charge < -0.3 is 19.7 Å². The molecule has 0 aliphatic carbocycles.